The molecule has 0 saturated carbocycles. The minimum absolute atomic E-state index is 0.358. The molecule has 6 nitrogen and oxygen atoms in total. The monoisotopic (exact) mass is 708 g/mol. The molecule has 6 heteroatoms. The fourth-order valence-electron chi connectivity index (χ4n) is 6.67. The molecule has 0 spiro atoms. The van der Waals surface area contributed by atoms with Crippen LogP contribution in [0.3, 0.4) is 0 Å². The third-order valence-corrected chi connectivity index (χ3v) is 10.2. The second kappa shape index (κ2) is 39.0. The summed E-state index contributed by atoms with van der Waals surface area (Å²) in [6.45, 7) is 4.02. The molecular weight excluding hydrogens is 622 g/mol. The van der Waals surface area contributed by atoms with Gasteiger partial charge in [0.1, 0.15) is 12.2 Å². The summed E-state index contributed by atoms with van der Waals surface area (Å²) in [7, 11) is 0. The molecule has 0 radical (unpaired) electrons. The number of amides is 1. The molecule has 1 amide bonds. The molecular formula is C44H85NO5. The van der Waals surface area contributed by atoms with Crippen molar-refractivity contribution >= 4 is 5.91 Å². The maximum atomic E-state index is 12.5. The van der Waals surface area contributed by atoms with Crippen molar-refractivity contribution in [3.8, 4) is 0 Å². The molecule has 4 atom stereocenters. The van der Waals surface area contributed by atoms with Gasteiger partial charge in [-0.25, -0.2) is 0 Å². The Labute approximate surface area is 310 Å². The number of carbonyl (C=O) groups excluding carboxylic acids is 1. The van der Waals surface area contributed by atoms with Crippen LogP contribution in [-0.4, -0.2) is 57.3 Å². The Hall–Kier alpha value is -1.21. The summed E-state index contributed by atoms with van der Waals surface area (Å²) >= 11 is 0. The summed E-state index contributed by atoms with van der Waals surface area (Å²) in [5, 5.41) is 43.7. The molecule has 0 aromatic rings. The summed E-state index contributed by atoms with van der Waals surface area (Å²) in [5.41, 5.74) is 0. The lowest BCUT2D eigenvalue weighted by Gasteiger charge is -2.27. The van der Waals surface area contributed by atoms with Crippen LogP contribution in [0.5, 0.6) is 0 Å². The van der Waals surface area contributed by atoms with Crippen LogP contribution in [0.1, 0.15) is 219 Å². The van der Waals surface area contributed by atoms with Gasteiger partial charge in [0.2, 0.25) is 5.91 Å². The lowest BCUT2D eigenvalue weighted by atomic mass is 9.99. The van der Waals surface area contributed by atoms with Gasteiger partial charge in [0.25, 0.3) is 0 Å². The average Bonchev–Trinajstić information content (AvgIpc) is 3.12. The van der Waals surface area contributed by atoms with Crippen molar-refractivity contribution in [1.29, 1.82) is 0 Å². The van der Waals surface area contributed by atoms with Crippen LogP contribution in [0.2, 0.25) is 0 Å². The molecule has 0 bridgehead atoms. The molecule has 5 N–H and O–H groups in total. The highest BCUT2D eigenvalue weighted by Gasteiger charge is 2.28. The van der Waals surface area contributed by atoms with E-state index in [0.29, 0.717) is 12.8 Å². The second-order valence-electron chi connectivity index (χ2n) is 15.0. The first-order valence-corrected chi connectivity index (χ1v) is 21.7. The quantitative estimate of drug-likeness (QED) is 0.0323. The topological polar surface area (TPSA) is 110 Å². The number of carbonyl (C=O) groups is 1. The molecule has 0 aliphatic heterocycles. The Morgan fingerprint density at radius 1 is 0.500 bits per heavy atom. The number of unbranched alkanes of at least 4 members (excludes halogenated alkanes) is 26. The van der Waals surface area contributed by atoms with Crippen molar-refractivity contribution < 1.29 is 25.2 Å². The first-order chi connectivity index (χ1) is 24.5. The zero-order valence-corrected chi connectivity index (χ0v) is 33.2. The van der Waals surface area contributed by atoms with Crippen molar-refractivity contribution in [3.05, 3.63) is 24.3 Å². The number of allylic oxidation sites excluding steroid dienone is 4. The number of hydrogen-bond donors (Lipinski definition) is 5. The Bertz CT molecular complexity index is 757. The molecule has 296 valence electrons. The van der Waals surface area contributed by atoms with Gasteiger partial charge in [-0.1, -0.05) is 199 Å². The molecule has 4 unspecified atom stereocenters. The fraction of sp³-hybridized carbons (Fsp3) is 0.886. The van der Waals surface area contributed by atoms with E-state index < -0.39 is 36.9 Å². The van der Waals surface area contributed by atoms with Crippen LogP contribution >= 0.6 is 0 Å². The van der Waals surface area contributed by atoms with E-state index in [1.54, 1.807) is 0 Å². The van der Waals surface area contributed by atoms with Crippen molar-refractivity contribution in [2.24, 2.45) is 0 Å². The number of aliphatic hydroxyl groups is 4. The number of hydrogen-bond acceptors (Lipinski definition) is 5. The zero-order chi connectivity index (χ0) is 36.8. The van der Waals surface area contributed by atoms with Gasteiger partial charge in [-0.05, 0) is 44.9 Å². The number of rotatable bonds is 39. The van der Waals surface area contributed by atoms with Crippen molar-refractivity contribution in [1.82, 2.24) is 5.32 Å². The SMILES string of the molecule is CCCCC/C=C\C/C=C\CCCCCCCCC(O)C(=O)NC(CO)C(O)C(O)CCCCCCCCCCCCCCCCCCCC. The largest absolute Gasteiger partial charge is 0.394 e. The van der Waals surface area contributed by atoms with Crippen LogP contribution in [0.4, 0.5) is 0 Å². The Balaban J connectivity index is 3.75. The highest BCUT2D eigenvalue weighted by molar-refractivity contribution is 5.80. The zero-order valence-electron chi connectivity index (χ0n) is 33.2. The highest BCUT2D eigenvalue weighted by atomic mass is 16.3. The van der Waals surface area contributed by atoms with Crippen molar-refractivity contribution in [2.45, 2.75) is 244 Å². The lowest BCUT2D eigenvalue weighted by molar-refractivity contribution is -0.132. The maximum absolute atomic E-state index is 12.5. The van der Waals surface area contributed by atoms with Gasteiger partial charge in [-0.2, -0.15) is 0 Å². The lowest BCUT2D eigenvalue weighted by Crippen LogP contribution is -2.53. The van der Waals surface area contributed by atoms with E-state index in [1.165, 1.54) is 135 Å². The second-order valence-corrected chi connectivity index (χ2v) is 15.0. The first kappa shape index (κ1) is 48.8. The van der Waals surface area contributed by atoms with Gasteiger partial charge >= 0.3 is 0 Å². The van der Waals surface area contributed by atoms with Gasteiger partial charge in [-0.15, -0.1) is 0 Å². The molecule has 50 heavy (non-hydrogen) atoms. The van der Waals surface area contributed by atoms with E-state index >= 15 is 0 Å². The summed E-state index contributed by atoms with van der Waals surface area (Å²) in [6, 6.07) is -0.987. The minimum atomic E-state index is -1.26. The molecule has 0 aromatic heterocycles. The van der Waals surface area contributed by atoms with Crippen LogP contribution in [-0.2, 0) is 4.79 Å². The molecule has 0 heterocycles. The van der Waals surface area contributed by atoms with Crippen molar-refractivity contribution in [3.63, 3.8) is 0 Å². The number of nitrogens with one attached hydrogen (secondary N) is 1. The third-order valence-electron chi connectivity index (χ3n) is 10.2. The van der Waals surface area contributed by atoms with Crippen LogP contribution in [0.25, 0.3) is 0 Å². The van der Waals surface area contributed by atoms with Gasteiger partial charge < -0.3 is 25.7 Å². The van der Waals surface area contributed by atoms with Crippen LogP contribution < -0.4 is 5.32 Å². The van der Waals surface area contributed by atoms with Crippen LogP contribution in [0.15, 0.2) is 24.3 Å². The normalized spacial score (nSPS) is 14.4. The highest BCUT2D eigenvalue weighted by Crippen LogP contribution is 2.16. The van der Waals surface area contributed by atoms with Gasteiger partial charge in [0.15, 0.2) is 0 Å². The van der Waals surface area contributed by atoms with Gasteiger partial charge in [-0.3, -0.25) is 4.79 Å². The first-order valence-electron chi connectivity index (χ1n) is 21.7. The van der Waals surface area contributed by atoms with Crippen LogP contribution in [0, 0.1) is 0 Å². The van der Waals surface area contributed by atoms with E-state index in [2.05, 4.69) is 43.5 Å². The van der Waals surface area contributed by atoms with E-state index in [1.807, 2.05) is 0 Å². The van der Waals surface area contributed by atoms with E-state index in [4.69, 9.17) is 0 Å². The minimum Gasteiger partial charge on any atom is -0.394 e. The van der Waals surface area contributed by atoms with Gasteiger partial charge in [0, 0.05) is 0 Å². The van der Waals surface area contributed by atoms with E-state index in [0.717, 1.165) is 57.8 Å². The molecule has 0 fully saturated rings. The molecule has 0 saturated heterocycles. The summed E-state index contributed by atoms with van der Waals surface area (Å²) < 4.78 is 0. The molecule has 0 aliphatic carbocycles. The summed E-state index contributed by atoms with van der Waals surface area (Å²) in [5.74, 6) is -0.592. The fourth-order valence-corrected chi connectivity index (χ4v) is 6.67. The van der Waals surface area contributed by atoms with Crippen molar-refractivity contribution in [2.75, 3.05) is 6.61 Å². The van der Waals surface area contributed by atoms with Gasteiger partial charge in [0.05, 0.1) is 18.8 Å². The predicted octanol–water partition coefficient (Wildman–Crippen LogP) is 11.2. The third kappa shape index (κ3) is 32.7. The number of aliphatic hydroxyl groups excluding tert-OH is 4. The Morgan fingerprint density at radius 3 is 1.30 bits per heavy atom. The summed E-state index contributed by atoms with van der Waals surface area (Å²) in [6.07, 6.45) is 43.4. The smallest absolute Gasteiger partial charge is 0.249 e. The van der Waals surface area contributed by atoms with E-state index in [-0.39, 0.29) is 0 Å². The standard InChI is InChI=1S/C44H85NO5/c1-3-5-7-9-11-13-15-17-19-21-22-24-25-27-29-31-33-35-37-41(47)43(49)40(39-46)45-44(50)42(48)38-36-34-32-30-28-26-23-20-18-16-14-12-10-8-6-4-2/h12,14,18,20,40-43,46-49H,3-11,13,15-17,19,21-39H2,1-2H3,(H,45,50)/b14-12-,20-18-. The summed E-state index contributed by atoms with van der Waals surface area (Å²) in [4.78, 5) is 12.5. The molecule has 0 rings (SSSR count). The average molecular weight is 708 g/mol. The maximum Gasteiger partial charge on any atom is 0.249 e. The van der Waals surface area contributed by atoms with E-state index in [9.17, 15) is 25.2 Å². The Morgan fingerprint density at radius 2 is 0.860 bits per heavy atom. The Kier molecular flexibility index (Phi) is 38.1. The molecule has 0 aliphatic rings. The molecule has 0 aromatic carbocycles. The predicted molar refractivity (Wildman–Crippen MR) is 214 cm³/mol.